The summed E-state index contributed by atoms with van der Waals surface area (Å²) in [5.74, 6) is -1.07. The van der Waals surface area contributed by atoms with Gasteiger partial charge in [0.2, 0.25) is 5.76 Å². The monoisotopic (exact) mass is 409 g/mol. The van der Waals surface area contributed by atoms with Crippen LogP contribution >= 0.6 is 0 Å². The van der Waals surface area contributed by atoms with E-state index in [1.165, 1.54) is 17.0 Å². The third kappa shape index (κ3) is 4.94. The minimum absolute atomic E-state index is 0.164. The Morgan fingerprint density at radius 2 is 1.96 bits per heavy atom. The summed E-state index contributed by atoms with van der Waals surface area (Å²) >= 11 is 0. The third-order valence-corrected chi connectivity index (χ3v) is 5.15. The van der Waals surface area contributed by atoms with Gasteiger partial charge in [-0.25, -0.2) is 13.2 Å². The molecule has 0 N–H and O–H groups in total. The molecule has 0 heterocycles. The summed E-state index contributed by atoms with van der Waals surface area (Å²) in [6, 6.07) is 8.02. The molecule has 150 valence electrons. The van der Waals surface area contributed by atoms with Gasteiger partial charge in [0.1, 0.15) is 12.1 Å². The maximum atomic E-state index is 12.8. The molecule has 1 aliphatic rings. The van der Waals surface area contributed by atoms with Crippen molar-refractivity contribution in [1.29, 1.82) is 0 Å². The minimum atomic E-state index is -4.30. The molecule has 1 aromatic carbocycles. The zero-order valence-electron chi connectivity index (χ0n) is 15.4. The summed E-state index contributed by atoms with van der Waals surface area (Å²) in [6.45, 7) is 0. The van der Waals surface area contributed by atoms with E-state index in [4.69, 9.17) is 4.74 Å². The molecule has 0 bridgehead atoms. The highest BCUT2D eigenvalue weighted by atomic mass is 32.2. The fourth-order valence-electron chi connectivity index (χ4n) is 2.38. The largest absolute Gasteiger partial charge is 0.466 e. The zero-order valence-corrected chi connectivity index (χ0v) is 16.3. The van der Waals surface area contributed by atoms with Gasteiger partial charge in [0, 0.05) is 32.2 Å². The number of hydrogen-bond acceptors (Lipinski definition) is 7. The molecule has 1 unspecified atom stereocenters. The van der Waals surface area contributed by atoms with Crippen molar-refractivity contribution in [2.75, 3.05) is 21.2 Å². The van der Waals surface area contributed by atoms with Gasteiger partial charge in [-0.1, -0.05) is 18.2 Å². The fraction of sp³-hybridized carbons (Fsp3) is 0.294. The number of hydrogen-bond donors (Lipinski definition) is 0. The van der Waals surface area contributed by atoms with Gasteiger partial charge >= 0.3 is 11.7 Å². The molecular formula is C17H19N3O7S. The van der Waals surface area contributed by atoms with E-state index in [-0.39, 0.29) is 17.7 Å². The lowest BCUT2D eigenvalue weighted by Gasteiger charge is -2.22. The molecule has 1 atom stereocenters. The number of allylic oxidation sites excluding steroid dienone is 1. The molecule has 1 aromatic rings. The normalized spacial score (nSPS) is 17.2. The van der Waals surface area contributed by atoms with Crippen molar-refractivity contribution >= 4 is 22.3 Å². The smallest absolute Gasteiger partial charge is 0.334 e. The molecule has 0 spiro atoms. The second kappa shape index (κ2) is 8.65. The Morgan fingerprint density at radius 3 is 2.50 bits per heavy atom. The van der Waals surface area contributed by atoms with E-state index in [9.17, 15) is 23.3 Å². The predicted molar refractivity (Wildman–Crippen MR) is 101 cm³/mol. The number of ether oxygens (including phenoxy) is 2. The van der Waals surface area contributed by atoms with Gasteiger partial charge in [-0.15, -0.1) is 0 Å². The number of para-hydroxylation sites is 1. The summed E-state index contributed by atoms with van der Waals surface area (Å²) in [5.41, 5.74) is -0.813. The maximum absolute atomic E-state index is 12.8. The van der Waals surface area contributed by atoms with Crippen molar-refractivity contribution in [2.24, 2.45) is 4.40 Å². The Hall–Kier alpha value is -3.21. The van der Waals surface area contributed by atoms with Crippen LogP contribution in [0.15, 0.2) is 57.8 Å². The molecule has 10 nitrogen and oxygen atoms in total. The summed E-state index contributed by atoms with van der Waals surface area (Å²) in [5, 5.41) is 10.0. The van der Waals surface area contributed by atoms with E-state index >= 15 is 0 Å². The first-order chi connectivity index (χ1) is 13.2. The Bertz CT molecular complexity index is 950. The Morgan fingerprint density at radius 1 is 1.32 bits per heavy atom. The molecule has 0 saturated carbocycles. The number of rotatable bonds is 7. The molecule has 2 rings (SSSR count). The van der Waals surface area contributed by atoms with Crippen molar-refractivity contribution in [1.82, 2.24) is 4.90 Å². The highest BCUT2D eigenvalue weighted by Crippen LogP contribution is 2.33. The van der Waals surface area contributed by atoms with Crippen LogP contribution in [0.5, 0.6) is 5.75 Å². The van der Waals surface area contributed by atoms with Gasteiger partial charge in [-0.2, -0.15) is 4.40 Å². The Balaban J connectivity index is 2.63. The first-order valence-corrected chi connectivity index (χ1v) is 9.52. The average molecular weight is 409 g/mol. The molecule has 0 aromatic heterocycles. The molecule has 0 saturated heterocycles. The van der Waals surface area contributed by atoms with E-state index in [2.05, 4.69) is 9.13 Å². The second-order valence-electron chi connectivity index (χ2n) is 5.98. The van der Waals surface area contributed by atoms with Crippen LogP contribution in [0.1, 0.15) is 6.42 Å². The molecule has 1 aliphatic carbocycles. The van der Waals surface area contributed by atoms with Crippen molar-refractivity contribution in [2.45, 2.75) is 11.7 Å². The SMILES string of the molecule is COC(=O)C1=CC([N+](=O)[O-])=C(Oc2ccccc2)C(S(=O)(=O)/N=C\N(C)C)C1. The van der Waals surface area contributed by atoms with Gasteiger partial charge in [0.15, 0.2) is 5.25 Å². The highest BCUT2D eigenvalue weighted by molar-refractivity contribution is 7.91. The van der Waals surface area contributed by atoms with E-state index < -0.39 is 37.6 Å². The third-order valence-electron chi connectivity index (χ3n) is 3.66. The van der Waals surface area contributed by atoms with Crippen LogP contribution in [0.2, 0.25) is 0 Å². The fourth-order valence-corrected chi connectivity index (χ4v) is 3.67. The van der Waals surface area contributed by atoms with Gasteiger partial charge < -0.3 is 14.4 Å². The maximum Gasteiger partial charge on any atom is 0.334 e. The molecule has 28 heavy (non-hydrogen) atoms. The van der Waals surface area contributed by atoms with Crippen LogP contribution in [0.25, 0.3) is 0 Å². The second-order valence-corrected chi connectivity index (χ2v) is 7.78. The van der Waals surface area contributed by atoms with Crippen LogP contribution in [0, 0.1) is 10.1 Å². The standard InChI is InChI=1S/C17H19N3O7S/c1-19(2)11-18-28(24,25)15-10-12(17(21)26-3)9-14(20(22)23)16(15)27-13-7-5-4-6-8-13/h4-9,11,15H,10H2,1-3H3/b18-11-. The summed E-state index contributed by atoms with van der Waals surface area (Å²) < 4.78 is 39.3. The number of methoxy groups -OCH3 is 1. The lowest BCUT2D eigenvalue weighted by Crippen LogP contribution is -2.32. The van der Waals surface area contributed by atoms with Crippen LogP contribution in [0.4, 0.5) is 0 Å². The molecule has 11 heteroatoms. The van der Waals surface area contributed by atoms with Crippen LogP contribution in [0.3, 0.4) is 0 Å². The van der Waals surface area contributed by atoms with Crippen LogP contribution < -0.4 is 4.74 Å². The highest BCUT2D eigenvalue weighted by Gasteiger charge is 2.42. The summed E-state index contributed by atoms with van der Waals surface area (Å²) in [4.78, 5) is 24.1. The number of sulfonamides is 1. The topological polar surface area (TPSA) is 128 Å². The first kappa shape index (κ1) is 21.1. The van der Waals surface area contributed by atoms with E-state index in [0.717, 1.165) is 19.5 Å². The summed E-state index contributed by atoms with van der Waals surface area (Å²) in [7, 11) is -0.0597. The molecular weight excluding hydrogens is 390 g/mol. The number of nitro groups is 1. The quantitative estimate of drug-likeness (QED) is 0.217. The van der Waals surface area contributed by atoms with Gasteiger partial charge in [-0.3, -0.25) is 10.1 Å². The minimum Gasteiger partial charge on any atom is -0.466 e. The zero-order chi connectivity index (χ0) is 20.9. The number of carbonyl (C=O) groups is 1. The molecule has 0 aliphatic heterocycles. The number of carbonyl (C=O) groups excluding carboxylic acids is 1. The van der Waals surface area contributed by atoms with Crippen molar-refractivity contribution in [3.8, 4) is 5.75 Å². The van der Waals surface area contributed by atoms with E-state index in [1.807, 2.05) is 0 Å². The predicted octanol–water partition coefficient (Wildman–Crippen LogP) is 1.35. The molecule has 0 fully saturated rings. The number of nitrogens with zero attached hydrogens (tertiary/aromatic N) is 3. The van der Waals surface area contributed by atoms with Gasteiger partial charge in [0.05, 0.1) is 12.0 Å². The number of esters is 1. The number of benzene rings is 1. The van der Waals surface area contributed by atoms with Crippen LogP contribution in [-0.4, -0.2) is 57.0 Å². The molecule has 0 radical (unpaired) electrons. The van der Waals surface area contributed by atoms with E-state index in [1.54, 1.807) is 32.3 Å². The van der Waals surface area contributed by atoms with Gasteiger partial charge in [-0.05, 0) is 12.1 Å². The lowest BCUT2D eigenvalue weighted by atomic mass is 10.0. The van der Waals surface area contributed by atoms with Crippen molar-refractivity contribution < 1.29 is 27.6 Å². The Kier molecular flexibility index (Phi) is 6.52. The summed E-state index contributed by atoms with van der Waals surface area (Å²) in [6.07, 6.45) is 1.64. The first-order valence-electron chi connectivity index (χ1n) is 8.01. The lowest BCUT2D eigenvalue weighted by molar-refractivity contribution is -0.422. The van der Waals surface area contributed by atoms with Crippen molar-refractivity contribution in [3.05, 3.63) is 63.6 Å². The van der Waals surface area contributed by atoms with E-state index in [0.29, 0.717) is 0 Å². The average Bonchev–Trinajstić information content (AvgIpc) is 2.66. The van der Waals surface area contributed by atoms with Gasteiger partial charge in [0.25, 0.3) is 10.0 Å². The molecule has 0 amide bonds. The van der Waals surface area contributed by atoms with Crippen LogP contribution in [-0.2, 0) is 19.6 Å². The van der Waals surface area contributed by atoms with Crippen molar-refractivity contribution in [3.63, 3.8) is 0 Å². The Labute approximate surface area is 162 Å².